The monoisotopic (exact) mass is 629 g/mol. The smallest absolute Gasteiger partial charge is 0.319 e. The predicted octanol–water partition coefficient (Wildman–Crippen LogP) is 6.62. The Morgan fingerprint density at radius 1 is 1.04 bits per heavy atom. The van der Waals surface area contributed by atoms with Gasteiger partial charge in [0.25, 0.3) is 0 Å². The minimum Gasteiger partial charge on any atom is -0.484 e. The van der Waals surface area contributed by atoms with E-state index in [4.69, 9.17) is 4.74 Å². The summed E-state index contributed by atoms with van der Waals surface area (Å²) in [6.45, 7) is 8.19. The summed E-state index contributed by atoms with van der Waals surface area (Å²) in [6, 6.07) is 18.0. The van der Waals surface area contributed by atoms with E-state index in [-0.39, 0.29) is 36.2 Å². The molecule has 1 aliphatic heterocycles. The van der Waals surface area contributed by atoms with E-state index in [9.17, 15) is 9.90 Å². The highest BCUT2D eigenvalue weighted by Crippen LogP contribution is 2.39. The molecule has 2 amide bonds. The number of urea groups is 1. The summed E-state index contributed by atoms with van der Waals surface area (Å²) in [6.07, 6.45) is 7.36. The molecule has 0 radical (unpaired) electrons. The van der Waals surface area contributed by atoms with Crippen LogP contribution in [0.5, 0.6) is 5.75 Å². The molecule has 0 saturated carbocycles. The Balaban J connectivity index is 1.17. The number of ether oxygens (including phenoxy) is 1. The molecule has 2 aromatic heterocycles. The number of rotatable bonds is 9. The van der Waals surface area contributed by atoms with Gasteiger partial charge in [-0.25, -0.2) is 4.79 Å². The second kappa shape index (κ2) is 13.3. The van der Waals surface area contributed by atoms with E-state index in [0.717, 1.165) is 77.5 Å². The van der Waals surface area contributed by atoms with Crippen LogP contribution in [0.25, 0.3) is 5.65 Å². The van der Waals surface area contributed by atoms with Gasteiger partial charge in [-0.2, -0.15) is 0 Å². The van der Waals surface area contributed by atoms with Crippen LogP contribution in [0.3, 0.4) is 0 Å². The number of hydrogen-bond donors (Lipinski definition) is 4. The van der Waals surface area contributed by atoms with Gasteiger partial charge in [-0.05, 0) is 84.7 Å². The molecule has 6 rings (SSSR count). The average molecular weight is 630 g/mol. The topological polar surface area (TPSA) is 116 Å². The first-order valence-electron chi connectivity index (χ1n) is 15.7. The molecular formula is C34H43N7O3S. The summed E-state index contributed by atoms with van der Waals surface area (Å²) in [4.78, 5) is 15.6. The van der Waals surface area contributed by atoms with E-state index in [1.165, 1.54) is 11.9 Å². The number of fused-ring (bicyclic) bond motifs is 2. The number of likely N-dealkylation sites (tertiary alicyclic amines) is 1. The van der Waals surface area contributed by atoms with E-state index in [1.807, 2.05) is 53.3 Å². The molecule has 45 heavy (non-hydrogen) atoms. The standard InChI is InChI=1S/C34H43N7O3S/c1-34(2,3)22-18-23(20-24(19-22)39-45-4)35-33(43)36-28-12-13-30(27-9-6-5-8-26(27)28)44-25-11-14-31-37-38-32(41(31)21-25)29-10-7-15-40(29)16-17-42/h5-6,8-9,11,14,18-21,28-30,39,42H,7,10,12-13,15-17H2,1-4H3,(H2,35,36,43)/t28?,29-,30+/m0/s1. The molecule has 0 bridgehead atoms. The van der Waals surface area contributed by atoms with Gasteiger partial charge in [-0.3, -0.25) is 9.30 Å². The van der Waals surface area contributed by atoms with Gasteiger partial charge in [-0.1, -0.05) is 57.0 Å². The number of pyridine rings is 1. The summed E-state index contributed by atoms with van der Waals surface area (Å²) >= 11 is 1.52. The fourth-order valence-corrected chi connectivity index (χ4v) is 6.88. The van der Waals surface area contributed by atoms with E-state index in [1.54, 1.807) is 0 Å². The Morgan fingerprint density at radius 3 is 2.62 bits per heavy atom. The van der Waals surface area contributed by atoms with Crippen molar-refractivity contribution in [3.63, 3.8) is 0 Å². The van der Waals surface area contributed by atoms with Crippen molar-refractivity contribution in [3.05, 3.63) is 83.3 Å². The molecule has 2 aliphatic rings. The highest BCUT2D eigenvalue weighted by Gasteiger charge is 2.31. The number of hydrogen-bond acceptors (Lipinski definition) is 8. The number of aliphatic hydroxyl groups is 1. The number of aromatic nitrogens is 3. The summed E-state index contributed by atoms with van der Waals surface area (Å²) < 4.78 is 11.9. The van der Waals surface area contributed by atoms with Crippen LogP contribution in [0.15, 0.2) is 60.8 Å². The Bertz CT molecular complexity index is 1650. The van der Waals surface area contributed by atoms with Crippen LogP contribution < -0.4 is 20.1 Å². The van der Waals surface area contributed by atoms with Gasteiger partial charge in [0.1, 0.15) is 11.9 Å². The molecule has 10 nitrogen and oxygen atoms in total. The number of aliphatic hydroxyl groups excluding tert-OH is 1. The Labute approximate surface area is 269 Å². The van der Waals surface area contributed by atoms with Crippen molar-refractivity contribution < 1.29 is 14.6 Å². The van der Waals surface area contributed by atoms with Crippen molar-refractivity contribution >= 4 is 35.0 Å². The number of β-amino-alcohol motifs (C(OH)–C–C–N with tert-alkyl or cyclic N) is 1. The molecule has 3 atom stereocenters. The lowest BCUT2D eigenvalue weighted by molar-refractivity contribution is 0.171. The maximum atomic E-state index is 13.3. The third kappa shape index (κ3) is 6.90. The lowest BCUT2D eigenvalue weighted by Gasteiger charge is -2.32. The highest BCUT2D eigenvalue weighted by atomic mass is 32.2. The van der Waals surface area contributed by atoms with Gasteiger partial charge >= 0.3 is 6.03 Å². The number of nitrogens with zero attached hydrogens (tertiary/aromatic N) is 4. The van der Waals surface area contributed by atoms with Gasteiger partial charge < -0.3 is 25.2 Å². The van der Waals surface area contributed by atoms with Gasteiger partial charge in [-0.15, -0.1) is 10.2 Å². The quantitative estimate of drug-likeness (QED) is 0.153. The SMILES string of the molecule is CSNc1cc(NC(=O)NC2CC[C@@H](Oc3ccc4nnc([C@@H]5CCCN5CCO)n4c3)c3ccccc32)cc(C(C)(C)C)c1. The first kappa shape index (κ1) is 31.2. The van der Waals surface area contributed by atoms with Crippen molar-refractivity contribution in [2.45, 2.75) is 70.1 Å². The highest BCUT2D eigenvalue weighted by molar-refractivity contribution is 7.99. The molecule has 2 aromatic carbocycles. The first-order chi connectivity index (χ1) is 21.7. The molecule has 1 unspecified atom stereocenters. The minimum atomic E-state index is -0.233. The van der Waals surface area contributed by atoms with Gasteiger partial charge in [0.05, 0.1) is 24.9 Å². The maximum Gasteiger partial charge on any atom is 0.319 e. The van der Waals surface area contributed by atoms with Crippen molar-refractivity contribution in [3.8, 4) is 5.75 Å². The normalized spacial score (nSPS) is 20.2. The van der Waals surface area contributed by atoms with Crippen LogP contribution in [-0.2, 0) is 5.41 Å². The summed E-state index contributed by atoms with van der Waals surface area (Å²) in [5.41, 5.74) is 5.70. The zero-order valence-corrected chi connectivity index (χ0v) is 27.2. The predicted molar refractivity (Wildman–Crippen MR) is 180 cm³/mol. The van der Waals surface area contributed by atoms with E-state index in [2.05, 4.69) is 69.4 Å². The van der Waals surface area contributed by atoms with Crippen molar-refractivity contribution in [1.82, 2.24) is 24.8 Å². The third-order valence-electron chi connectivity index (χ3n) is 8.75. The van der Waals surface area contributed by atoms with E-state index in [0.29, 0.717) is 6.54 Å². The molecule has 0 spiro atoms. The molecule has 4 aromatic rings. The van der Waals surface area contributed by atoms with Crippen molar-refractivity contribution in [1.29, 1.82) is 0 Å². The van der Waals surface area contributed by atoms with E-state index >= 15 is 0 Å². The largest absolute Gasteiger partial charge is 0.484 e. The average Bonchev–Trinajstić information content (AvgIpc) is 3.64. The van der Waals surface area contributed by atoms with Gasteiger partial charge in [0.2, 0.25) is 0 Å². The summed E-state index contributed by atoms with van der Waals surface area (Å²) in [7, 11) is 0. The fraction of sp³-hybridized carbons (Fsp3) is 0.441. The molecule has 4 N–H and O–H groups in total. The number of benzene rings is 2. The Morgan fingerprint density at radius 2 is 1.84 bits per heavy atom. The minimum absolute atomic E-state index is 0.0580. The van der Waals surface area contributed by atoms with Gasteiger partial charge in [0, 0.05) is 24.2 Å². The van der Waals surface area contributed by atoms with Crippen LogP contribution in [0.4, 0.5) is 16.2 Å². The zero-order chi connectivity index (χ0) is 31.6. The van der Waals surface area contributed by atoms with E-state index < -0.39 is 0 Å². The maximum absolute atomic E-state index is 13.3. The third-order valence-corrected chi connectivity index (χ3v) is 9.19. The number of carbonyl (C=O) groups is 1. The lowest BCUT2D eigenvalue weighted by atomic mass is 9.85. The second-order valence-electron chi connectivity index (χ2n) is 12.9. The van der Waals surface area contributed by atoms with Crippen LogP contribution in [0.2, 0.25) is 0 Å². The van der Waals surface area contributed by atoms with Crippen LogP contribution in [0, 0.1) is 0 Å². The first-order valence-corrected chi connectivity index (χ1v) is 16.9. The number of nitrogens with one attached hydrogen (secondary N) is 3. The second-order valence-corrected chi connectivity index (χ2v) is 13.5. The summed E-state index contributed by atoms with van der Waals surface area (Å²) in [5.74, 6) is 1.62. The zero-order valence-electron chi connectivity index (χ0n) is 26.4. The fourth-order valence-electron chi connectivity index (χ4n) is 6.52. The summed E-state index contributed by atoms with van der Waals surface area (Å²) in [5, 5.41) is 24.7. The van der Waals surface area contributed by atoms with Gasteiger partial charge in [0.15, 0.2) is 11.5 Å². The molecule has 1 aliphatic carbocycles. The van der Waals surface area contributed by atoms with Crippen molar-refractivity contribution in [2.75, 3.05) is 36.0 Å². The Hall–Kier alpha value is -3.80. The molecule has 1 fully saturated rings. The van der Waals surface area contributed by atoms with Crippen LogP contribution in [-0.4, -0.2) is 56.6 Å². The van der Waals surface area contributed by atoms with Crippen LogP contribution >= 0.6 is 11.9 Å². The molecular weight excluding hydrogens is 586 g/mol. The number of amides is 2. The number of anilines is 2. The molecule has 1 saturated heterocycles. The molecule has 3 heterocycles. The van der Waals surface area contributed by atoms with Crippen LogP contribution in [0.1, 0.15) is 87.2 Å². The number of carbonyl (C=O) groups excluding carboxylic acids is 1. The molecule has 238 valence electrons. The Kier molecular flexibility index (Phi) is 9.21. The lowest BCUT2D eigenvalue weighted by Crippen LogP contribution is -2.35. The molecule has 11 heteroatoms. The van der Waals surface area contributed by atoms with Crippen molar-refractivity contribution in [2.24, 2.45) is 0 Å².